The highest BCUT2D eigenvalue weighted by Crippen LogP contribution is 2.18. The summed E-state index contributed by atoms with van der Waals surface area (Å²) in [5.41, 5.74) is 4.59. The molecule has 2 nitrogen and oxygen atoms in total. The van der Waals surface area contributed by atoms with Crippen molar-refractivity contribution in [3.8, 4) is 5.75 Å². The largest absolute Gasteiger partial charge is 0.494 e. The lowest BCUT2D eigenvalue weighted by molar-refractivity contribution is 0.317. The standard InChI is InChI=1S/C18H21NO/c1-4-10-20-18-7-5-6-16(12-18)13-19-17-9-8-14(2)15(3)11-17/h5-9,11-13H,4,10H2,1-3H3. The van der Waals surface area contributed by atoms with E-state index in [1.54, 1.807) is 0 Å². The second-order valence-corrected chi connectivity index (χ2v) is 4.95. The molecule has 0 radical (unpaired) electrons. The molecule has 0 unspecified atom stereocenters. The van der Waals surface area contributed by atoms with Gasteiger partial charge in [0.05, 0.1) is 12.3 Å². The molecule has 2 aromatic carbocycles. The van der Waals surface area contributed by atoms with E-state index in [1.807, 2.05) is 36.5 Å². The van der Waals surface area contributed by atoms with Crippen molar-refractivity contribution in [1.29, 1.82) is 0 Å². The molecule has 2 aromatic rings. The van der Waals surface area contributed by atoms with Crippen LogP contribution < -0.4 is 4.74 Å². The van der Waals surface area contributed by atoms with Crippen LogP contribution in [0, 0.1) is 13.8 Å². The molecule has 0 heterocycles. The third-order valence-electron chi connectivity index (χ3n) is 3.18. The monoisotopic (exact) mass is 267 g/mol. The van der Waals surface area contributed by atoms with E-state index in [9.17, 15) is 0 Å². The second-order valence-electron chi connectivity index (χ2n) is 4.95. The Balaban J connectivity index is 2.12. The van der Waals surface area contributed by atoms with Crippen LogP contribution >= 0.6 is 0 Å². The molecule has 0 saturated heterocycles. The van der Waals surface area contributed by atoms with Gasteiger partial charge < -0.3 is 4.74 Å². The maximum atomic E-state index is 5.62. The van der Waals surface area contributed by atoms with Crippen LogP contribution in [-0.4, -0.2) is 12.8 Å². The molecule has 0 N–H and O–H groups in total. The Bertz CT molecular complexity index is 602. The summed E-state index contributed by atoms with van der Waals surface area (Å²) in [6, 6.07) is 14.3. The van der Waals surface area contributed by atoms with Gasteiger partial charge in [-0.1, -0.05) is 25.1 Å². The molecule has 0 aliphatic heterocycles. The van der Waals surface area contributed by atoms with Crippen LogP contribution in [0.4, 0.5) is 5.69 Å². The van der Waals surface area contributed by atoms with Crippen molar-refractivity contribution in [3.63, 3.8) is 0 Å². The van der Waals surface area contributed by atoms with Gasteiger partial charge in [0.2, 0.25) is 0 Å². The number of aryl methyl sites for hydroxylation is 2. The lowest BCUT2D eigenvalue weighted by Gasteiger charge is -2.04. The Hall–Kier alpha value is -2.09. The van der Waals surface area contributed by atoms with E-state index in [0.717, 1.165) is 30.0 Å². The van der Waals surface area contributed by atoms with Gasteiger partial charge in [-0.05, 0) is 61.2 Å². The SMILES string of the molecule is CCCOc1cccc(C=Nc2ccc(C)c(C)c2)c1. The fraction of sp³-hybridized carbons (Fsp3) is 0.278. The lowest BCUT2D eigenvalue weighted by Crippen LogP contribution is -1.95. The maximum absolute atomic E-state index is 5.62. The Morgan fingerprint density at radius 2 is 1.90 bits per heavy atom. The van der Waals surface area contributed by atoms with Crippen LogP contribution in [0.5, 0.6) is 5.75 Å². The van der Waals surface area contributed by atoms with Crippen LogP contribution in [0.3, 0.4) is 0 Å². The molecule has 2 heteroatoms. The summed E-state index contributed by atoms with van der Waals surface area (Å²) in [6.45, 7) is 7.06. The van der Waals surface area contributed by atoms with Gasteiger partial charge in [-0.3, -0.25) is 4.99 Å². The quantitative estimate of drug-likeness (QED) is 0.710. The highest BCUT2D eigenvalue weighted by Gasteiger charge is 1.96. The molecule has 0 aromatic heterocycles. The third-order valence-corrected chi connectivity index (χ3v) is 3.18. The molecule has 0 bridgehead atoms. The summed E-state index contributed by atoms with van der Waals surface area (Å²) < 4.78 is 5.62. The number of hydrogen-bond acceptors (Lipinski definition) is 2. The zero-order valence-electron chi connectivity index (χ0n) is 12.4. The van der Waals surface area contributed by atoms with E-state index in [0.29, 0.717) is 0 Å². The molecule has 0 aliphatic rings. The van der Waals surface area contributed by atoms with Crippen LogP contribution in [0.1, 0.15) is 30.0 Å². The number of ether oxygens (including phenoxy) is 1. The Morgan fingerprint density at radius 3 is 2.65 bits per heavy atom. The number of nitrogens with zero attached hydrogens (tertiary/aromatic N) is 1. The van der Waals surface area contributed by atoms with E-state index in [4.69, 9.17) is 4.74 Å². The molecule has 0 saturated carbocycles. The van der Waals surface area contributed by atoms with Crippen molar-refractivity contribution >= 4 is 11.9 Å². The second kappa shape index (κ2) is 6.90. The molecule has 2 rings (SSSR count). The number of hydrogen-bond donors (Lipinski definition) is 0. The van der Waals surface area contributed by atoms with Crippen LogP contribution in [0.15, 0.2) is 47.5 Å². The zero-order valence-corrected chi connectivity index (χ0v) is 12.4. The van der Waals surface area contributed by atoms with Gasteiger partial charge in [0.15, 0.2) is 0 Å². The summed E-state index contributed by atoms with van der Waals surface area (Å²) in [6.07, 6.45) is 2.89. The van der Waals surface area contributed by atoms with Crippen molar-refractivity contribution in [2.75, 3.05) is 6.61 Å². The normalized spacial score (nSPS) is 10.9. The zero-order chi connectivity index (χ0) is 14.4. The minimum atomic E-state index is 0.748. The van der Waals surface area contributed by atoms with Crippen molar-refractivity contribution in [2.45, 2.75) is 27.2 Å². The van der Waals surface area contributed by atoms with E-state index >= 15 is 0 Å². The van der Waals surface area contributed by atoms with Gasteiger partial charge in [-0.15, -0.1) is 0 Å². The van der Waals surface area contributed by atoms with Gasteiger partial charge in [0.1, 0.15) is 5.75 Å². The van der Waals surface area contributed by atoms with Crippen LogP contribution in [0.2, 0.25) is 0 Å². The first-order chi connectivity index (χ1) is 9.69. The Labute approximate surface area is 121 Å². The Kier molecular flexibility index (Phi) is 4.94. The molecule has 0 atom stereocenters. The molecule has 104 valence electrons. The summed E-state index contributed by atoms with van der Waals surface area (Å²) >= 11 is 0. The maximum Gasteiger partial charge on any atom is 0.119 e. The van der Waals surface area contributed by atoms with E-state index in [2.05, 4.69) is 37.9 Å². The average molecular weight is 267 g/mol. The minimum Gasteiger partial charge on any atom is -0.494 e. The first kappa shape index (κ1) is 14.3. The third kappa shape index (κ3) is 3.95. The molecule has 0 aliphatic carbocycles. The Morgan fingerprint density at radius 1 is 1.05 bits per heavy atom. The summed E-state index contributed by atoms with van der Waals surface area (Å²) in [5.74, 6) is 0.899. The molecule has 20 heavy (non-hydrogen) atoms. The predicted octanol–water partition coefficient (Wildman–Crippen LogP) is 4.84. The predicted molar refractivity (Wildman–Crippen MR) is 85.4 cm³/mol. The smallest absolute Gasteiger partial charge is 0.119 e. The van der Waals surface area contributed by atoms with Crippen molar-refractivity contribution < 1.29 is 4.74 Å². The van der Waals surface area contributed by atoms with Crippen molar-refractivity contribution in [2.24, 2.45) is 4.99 Å². The van der Waals surface area contributed by atoms with Crippen molar-refractivity contribution in [3.05, 3.63) is 59.2 Å². The van der Waals surface area contributed by atoms with Crippen LogP contribution in [0.25, 0.3) is 0 Å². The summed E-state index contributed by atoms with van der Waals surface area (Å²) in [7, 11) is 0. The lowest BCUT2D eigenvalue weighted by atomic mass is 10.1. The van der Waals surface area contributed by atoms with E-state index in [1.165, 1.54) is 11.1 Å². The van der Waals surface area contributed by atoms with Gasteiger partial charge >= 0.3 is 0 Å². The topological polar surface area (TPSA) is 21.6 Å². The average Bonchev–Trinajstić information content (AvgIpc) is 2.47. The number of aliphatic imine (C=N–C) groups is 1. The highest BCUT2D eigenvalue weighted by atomic mass is 16.5. The fourth-order valence-corrected chi connectivity index (χ4v) is 1.86. The van der Waals surface area contributed by atoms with Gasteiger partial charge in [0, 0.05) is 6.21 Å². The van der Waals surface area contributed by atoms with Gasteiger partial charge in [-0.2, -0.15) is 0 Å². The molecule has 0 amide bonds. The first-order valence-electron chi connectivity index (χ1n) is 7.03. The summed E-state index contributed by atoms with van der Waals surface area (Å²) in [5, 5.41) is 0. The molecule has 0 spiro atoms. The fourth-order valence-electron chi connectivity index (χ4n) is 1.86. The van der Waals surface area contributed by atoms with Gasteiger partial charge in [-0.25, -0.2) is 0 Å². The number of rotatable bonds is 5. The number of benzene rings is 2. The highest BCUT2D eigenvalue weighted by molar-refractivity contribution is 5.82. The van der Waals surface area contributed by atoms with Crippen LogP contribution in [-0.2, 0) is 0 Å². The minimum absolute atomic E-state index is 0.748. The van der Waals surface area contributed by atoms with E-state index in [-0.39, 0.29) is 0 Å². The van der Waals surface area contributed by atoms with Gasteiger partial charge in [0.25, 0.3) is 0 Å². The van der Waals surface area contributed by atoms with E-state index < -0.39 is 0 Å². The molecular formula is C18H21NO. The first-order valence-corrected chi connectivity index (χ1v) is 7.03. The molecular weight excluding hydrogens is 246 g/mol. The van der Waals surface area contributed by atoms with Crippen molar-refractivity contribution in [1.82, 2.24) is 0 Å². The summed E-state index contributed by atoms with van der Waals surface area (Å²) in [4.78, 5) is 4.52. The molecule has 0 fully saturated rings.